The van der Waals surface area contributed by atoms with Crippen LogP contribution in [0.15, 0.2) is 4.99 Å². The summed E-state index contributed by atoms with van der Waals surface area (Å²) in [7, 11) is -2.89. The van der Waals surface area contributed by atoms with E-state index in [4.69, 9.17) is 9.73 Å². The fraction of sp³-hybridized carbons (Fsp3) is 0.952. The number of guanidine groups is 1. The van der Waals surface area contributed by atoms with Crippen LogP contribution in [0.3, 0.4) is 0 Å². The molecule has 0 aromatic heterocycles. The van der Waals surface area contributed by atoms with Gasteiger partial charge in [-0.25, -0.2) is 8.42 Å². The molecule has 0 aromatic rings. The van der Waals surface area contributed by atoms with Crippen molar-refractivity contribution in [3.05, 3.63) is 0 Å². The summed E-state index contributed by atoms with van der Waals surface area (Å²) in [6.45, 7) is 6.30. The van der Waals surface area contributed by atoms with E-state index in [0.29, 0.717) is 36.1 Å². The lowest BCUT2D eigenvalue weighted by atomic mass is 9.54. The number of ether oxygens (including phenoxy) is 1. The first-order valence-electron chi connectivity index (χ1n) is 11.5. The molecule has 0 bridgehead atoms. The third-order valence-corrected chi connectivity index (χ3v) is 8.53. The van der Waals surface area contributed by atoms with Gasteiger partial charge in [-0.05, 0) is 39.0 Å². The number of likely N-dealkylation sites (tertiary alicyclic amines) is 1. The molecule has 29 heavy (non-hydrogen) atoms. The van der Waals surface area contributed by atoms with E-state index in [2.05, 4.69) is 22.5 Å². The van der Waals surface area contributed by atoms with Crippen LogP contribution in [-0.2, 0) is 14.6 Å². The number of hydrogen-bond donors (Lipinski definition) is 2. The summed E-state index contributed by atoms with van der Waals surface area (Å²) in [5, 5.41) is 7.52. The van der Waals surface area contributed by atoms with Crippen molar-refractivity contribution in [1.29, 1.82) is 0 Å². The molecule has 1 spiro atoms. The van der Waals surface area contributed by atoms with Crippen molar-refractivity contribution < 1.29 is 13.2 Å². The lowest BCUT2D eigenvalue weighted by Crippen LogP contribution is -2.69. The maximum atomic E-state index is 11.4. The van der Waals surface area contributed by atoms with Gasteiger partial charge >= 0.3 is 0 Å². The Morgan fingerprint density at radius 2 is 1.90 bits per heavy atom. The van der Waals surface area contributed by atoms with E-state index < -0.39 is 9.84 Å². The molecule has 166 valence electrons. The largest absolute Gasteiger partial charge is 0.377 e. The molecule has 3 atom stereocenters. The van der Waals surface area contributed by atoms with Crippen LogP contribution < -0.4 is 10.6 Å². The van der Waals surface area contributed by atoms with Gasteiger partial charge in [0.2, 0.25) is 0 Å². The van der Waals surface area contributed by atoms with Crippen molar-refractivity contribution in [2.24, 2.45) is 16.3 Å². The van der Waals surface area contributed by atoms with E-state index in [9.17, 15) is 8.42 Å². The van der Waals surface area contributed by atoms with Gasteiger partial charge in [0.15, 0.2) is 5.96 Å². The molecule has 0 amide bonds. The molecule has 4 fully saturated rings. The minimum Gasteiger partial charge on any atom is -0.377 e. The van der Waals surface area contributed by atoms with Gasteiger partial charge in [0.1, 0.15) is 9.84 Å². The lowest BCUT2D eigenvalue weighted by molar-refractivity contribution is -0.125. The van der Waals surface area contributed by atoms with Crippen molar-refractivity contribution in [2.45, 2.75) is 70.1 Å². The summed E-state index contributed by atoms with van der Waals surface area (Å²) in [6, 6.07) is 0.891. The van der Waals surface area contributed by atoms with Gasteiger partial charge in [0.05, 0.1) is 11.9 Å². The third-order valence-electron chi connectivity index (χ3n) is 7.60. The second-order valence-electron chi connectivity index (χ2n) is 9.52. The summed E-state index contributed by atoms with van der Waals surface area (Å²) in [6.07, 6.45) is 10.2. The smallest absolute Gasteiger partial charge is 0.191 e. The van der Waals surface area contributed by atoms with Gasteiger partial charge in [-0.15, -0.1) is 0 Å². The summed E-state index contributed by atoms with van der Waals surface area (Å²) in [5.41, 5.74) is 0.326. The van der Waals surface area contributed by atoms with E-state index in [1.54, 1.807) is 0 Å². The van der Waals surface area contributed by atoms with Gasteiger partial charge in [0.25, 0.3) is 0 Å². The Morgan fingerprint density at radius 3 is 2.55 bits per heavy atom. The van der Waals surface area contributed by atoms with Gasteiger partial charge in [-0.2, -0.15) is 0 Å². The maximum Gasteiger partial charge on any atom is 0.191 e. The van der Waals surface area contributed by atoms with Crippen LogP contribution in [-0.4, -0.2) is 82.3 Å². The molecule has 2 heterocycles. The Kier molecular flexibility index (Phi) is 6.42. The van der Waals surface area contributed by atoms with Crippen LogP contribution in [0, 0.1) is 11.3 Å². The number of nitrogens with zero attached hydrogens (tertiary/aromatic N) is 2. The normalized spacial score (nSPS) is 32.9. The fourth-order valence-electron chi connectivity index (χ4n) is 6.13. The first kappa shape index (κ1) is 21.4. The van der Waals surface area contributed by atoms with Crippen molar-refractivity contribution >= 4 is 15.8 Å². The standard InChI is InChI=1S/C21H38N4O3S/c1-3-22-20(23-16-6-11-25(12-7-16)13-15-29(2,26)27)24-18-17-8-14-28-19(17)21(18)9-4-5-10-21/h16-19H,3-15H2,1-2H3,(H2,22,23,24). The zero-order valence-electron chi connectivity index (χ0n) is 18.0. The van der Waals surface area contributed by atoms with E-state index in [-0.39, 0.29) is 5.75 Å². The van der Waals surface area contributed by atoms with Gasteiger partial charge in [-0.1, -0.05) is 12.8 Å². The molecule has 2 N–H and O–H groups in total. The first-order chi connectivity index (χ1) is 13.9. The number of nitrogens with one attached hydrogen (secondary N) is 2. The highest BCUT2D eigenvalue weighted by Gasteiger charge is 2.65. The minimum atomic E-state index is -2.89. The highest BCUT2D eigenvalue weighted by Crippen LogP contribution is 2.60. The van der Waals surface area contributed by atoms with Crippen molar-refractivity contribution in [1.82, 2.24) is 15.5 Å². The monoisotopic (exact) mass is 426 g/mol. The third kappa shape index (κ3) is 4.59. The molecule has 2 saturated heterocycles. The predicted molar refractivity (Wildman–Crippen MR) is 116 cm³/mol. The zero-order valence-corrected chi connectivity index (χ0v) is 18.8. The van der Waals surface area contributed by atoms with E-state index in [1.807, 2.05) is 0 Å². The van der Waals surface area contributed by atoms with Gasteiger partial charge in [-0.3, -0.25) is 4.99 Å². The molecular formula is C21H38N4O3S. The zero-order chi connectivity index (χ0) is 20.5. The maximum absolute atomic E-state index is 11.4. The van der Waals surface area contributed by atoms with Crippen molar-refractivity contribution in [2.75, 3.05) is 44.8 Å². The number of hydrogen-bond acceptors (Lipinski definition) is 5. The minimum absolute atomic E-state index is 0.254. The average Bonchev–Trinajstić information content (AvgIpc) is 3.34. The van der Waals surface area contributed by atoms with E-state index in [1.165, 1.54) is 38.4 Å². The second kappa shape index (κ2) is 8.71. The van der Waals surface area contributed by atoms with Crippen molar-refractivity contribution in [3.8, 4) is 0 Å². The van der Waals surface area contributed by atoms with E-state index >= 15 is 0 Å². The molecule has 0 aromatic carbocycles. The molecule has 2 aliphatic heterocycles. The molecular weight excluding hydrogens is 388 g/mol. The Labute approximate surface area is 176 Å². The molecule has 7 nitrogen and oxygen atoms in total. The molecule has 4 aliphatic rings. The van der Waals surface area contributed by atoms with Crippen LogP contribution in [0.5, 0.6) is 0 Å². The Balaban J connectivity index is 1.31. The molecule has 2 aliphatic carbocycles. The molecule has 0 radical (unpaired) electrons. The van der Waals surface area contributed by atoms with Crippen LogP contribution in [0.1, 0.15) is 51.9 Å². The van der Waals surface area contributed by atoms with Crippen LogP contribution in [0.25, 0.3) is 0 Å². The highest BCUT2D eigenvalue weighted by atomic mass is 32.2. The topological polar surface area (TPSA) is 83.0 Å². The number of rotatable bonds is 6. The molecule has 3 unspecified atom stereocenters. The highest BCUT2D eigenvalue weighted by molar-refractivity contribution is 7.90. The summed E-state index contributed by atoms with van der Waals surface area (Å²) in [4.78, 5) is 7.02. The molecule has 2 saturated carbocycles. The summed E-state index contributed by atoms with van der Waals surface area (Å²) in [5.74, 6) is 1.85. The number of fused-ring (bicyclic) bond motifs is 2. The fourth-order valence-corrected chi connectivity index (χ4v) is 6.72. The number of sulfone groups is 1. The molecule has 4 rings (SSSR count). The predicted octanol–water partition coefficient (Wildman–Crippen LogP) is 1.40. The number of piperidine rings is 1. The summed E-state index contributed by atoms with van der Waals surface area (Å²) >= 11 is 0. The average molecular weight is 427 g/mol. The summed E-state index contributed by atoms with van der Waals surface area (Å²) < 4.78 is 28.9. The van der Waals surface area contributed by atoms with Crippen LogP contribution >= 0.6 is 0 Å². The molecule has 8 heteroatoms. The van der Waals surface area contributed by atoms with Crippen LogP contribution in [0.2, 0.25) is 0 Å². The van der Waals surface area contributed by atoms with Gasteiger partial charge in [0, 0.05) is 62.5 Å². The Morgan fingerprint density at radius 1 is 1.17 bits per heavy atom. The lowest BCUT2D eigenvalue weighted by Gasteiger charge is -2.57. The second-order valence-corrected chi connectivity index (χ2v) is 11.8. The van der Waals surface area contributed by atoms with Crippen LogP contribution in [0.4, 0.5) is 0 Å². The van der Waals surface area contributed by atoms with E-state index in [0.717, 1.165) is 45.0 Å². The SMILES string of the molecule is CCN=C(NC1CCN(CCS(C)(=O)=O)CC1)NC1C2CCOC2C12CCCC2. The number of aliphatic imine (C=N–C) groups is 1. The van der Waals surface area contributed by atoms with Crippen molar-refractivity contribution in [3.63, 3.8) is 0 Å². The Hall–Kier alpha value is -0.860. The van der Waals surface area contributed by atoms with Gasteiger partial charge < -0.3 is 20.3 Å². The Bertz CT molecular complexity index is 697. The first-order valence-corrected chi connectivity index (χ1v) is 13.6. The quantitative estimate of drug-likeness (QED) is 0.493.